The van der Waals surface area contributed by atoms with Crippen LogP contribution in [0.15, 0.2) is 71.7 Å². The van der Waals surface area contributed by atoms with Gasteiger partial charge in [-0.3, -0.25) is 9.59 Å². The Balaban J connectivity index is 2.33. The van der Waals surface area contributed by atoms with E-state index in [1.165, 1.54) is 25.1 Å². The molecule has 3 rings (SSSR count). The molecule has 0 aliphatic heterocycles. The van der Waals surface area contributed by atoms with Crippen molar-refractivity contribution in [1.29, 1.82) is 0 Å². The van der Waals surface area contributed by atoms with Gasteiger partial charge in [-0.2, -0.15) is 0 Å². The summed E-state index contributed by atoms with van der Waals surface area (Å²) < 4.78 is 15.6. The van der Waals surface area contributed by atoms with E-state index in [9.17, 15) is 14.0 Å². The average molecular weight is 431 g/mol. The predicted octanol–water partition coefficient (Wildman–Crippen LogP) is 6.37. The Morgan fingerprint density at radius 3 is 2.12 bits per heavy atom. The number of hydrogen-bond donors (Lipinski definition) is 0. The summed E-state index contributed by atoms with van der Waals surface area (Å²) in [5.74, 6) is -0.763. The van der Waals surface area contributed by atoms with E-state index in [-0.39, 0.29) is 23.4 Å². The van der Waals surface area contributed by atoms with Crippen molar-refractivity contribution in [3.8, 4) is 22.4 Å². The maximum absolute atomic E-state index is 13.6. The van der Waals surface area contributed by atoms with Crippen LogP contribution in [-0.2, 0) is 11.8 Å². The standard InChI is InChI=1S/C27H27FN2O2/c1-17(2)25-24(27(32)29-18(3)11-12-19(4)31)23(20-9-7-6-8-10-20)26(30(25)5)21-13-15-22(28)16-14-21/h6-17H,1-5H3/b12-11-,29-18?. The van der Waals surface area contributed by atoms with Crippen LogP contribution in [0.3, 0.4) is 0 Å². The zero-order valence-electron chi connectivity index (χ0n) is 19.0. The lowest BCUT2D eigenvalue weighted by molar-refractivity contribution is -0.112. The first-order valence-electron chi connectivity index (χ1n) is 10.5. The number of nitrogens with zero attached hydrogens (tertiary/aromatic N) is 2. The lowest BCUT2D eigenvalue weighted by Gasteiger charge is -2.12. The van der Waals surface area contributed by atoms with Gasteiger partial charge in [-0.25, -0.2) is 9.38 Å². The molecule has 5 heteroatoms. The van der Waals surface area contributed by atoms with E-state index in [2.05, 4.69) is 4.99 Å². The number of allylic oxidation sites excluding steroid dienone is 2. The smallest absolute Gasteiger partial charge is 0.279 e. The highest BCUT2D eigenvalue weighted by Crippen LogP contribution is 2.41. The van der Waals surface area contributed by atoms with Crippen molar-refractivity contribution in [1.82, 2.24) is 4.57 Å². The van der Waals surface area contributed by atoms with Crippen molar-refractivity contribution in [3.63, 3.8) is 0 Å². The molecule has 32 heavy (non-hydrogen) atoms. The zero-order chi connectivity index (χ0) is 23.4. The second-order valence-corrected chi connectivity index (χ2v) is 8.07. The van der Waals surface area contributed by atoms with Crippen molar-refractivity contribution in [2.24, 2.45) is 12.0 Å². The van der Waals surface area contributed by atoms with Crippen LogP contribution in [0.1, 0.15) is 49.7 Å². The van der Waals surface area contributed by atoms with Crippen LogP contribution in [0, 0.1) is 5.82 Å². The van der Waals surface area contributed by atoms with Crippen molar-refractivity contribution < 1.29 is 14.0 Å². The molecule has 164 valence electrons. The Bertz CT molecular complexity index is 1200. The van der Waals surface area contributed by atoms with Crippen molar-refractivity contribution >= 4 is 17.4 Å². The number of benzene rings is 2. The molecule has 0 spiro atoms. The van der Waals surface area contributed by atoms with E-state index in [0.29, 0.717) is 11.3 Å². The van der Waals surface area contributed by atoms with E-state index < -0.39 is 0 Å². The third-order valence-electron chi connectivity index (χ3n) is 5.22. The van der Waals surface area contributed by atoms with Crippen LogP contribution in [-0.4, -0.2) is 22.0 Å². The second-order valence-electron chi connectivity index (χ2n) is 8.07. The summed E-state index contributed by atoms with van der Waals surface area (Å²) in [6.07, 6.45) is 2.93. The summed E-state index contributed by atoms with van der Waals surface area (Å²) >= 11 is 0. The Kier molecular flexibility index (Phi) is 6.98. The summed E-state index contributed by atoms with van der Waals surface area (Å²) in [6, 6.07) is 16.0. The first kappa shape index (κ1) is 23.1. The Morgan fingerprint density at radius 2 is 1.56 bits per heavy atom. The zero-order valence-corrected chi connectivity index (χ0v) is 19.0. The molecule has 2 aromatic carbocycles. The van der Waals surface area contributed by atoms with Gasteiger partial charge in [0, 0.05) is 24.0 Å². The Morgan fingerprint density at radius 1 is 0.938 bits per heavy atom. The van der Waals surface area contributed by atoms with E-state index in [1.807, 2.05) is 55.8 Å². The lowest BCUT2D eigenvalue weighted by atomic mass is 9.94. The number of aromatic nitrogens is 1. The van der Waals surface area contributed by atoms with E-state index in [4.69, 9.17) is 0 Å². The van der Waals surface area contributed by atoms with Gasteiger partial charge in [0.25, 0.3) is 5.91 Å². The molecule has 1 aromatic heterocycles. The first-order chi connectivity index (χ1) is 15.2. The third kappa shape index (κ3) is 4.83. The van der Waals surface area contributed by atoms with Crippen molar-refractivity contribution in [3.05, 3.63) is 83.8 Å². The SMILES string of the molecule is CC(=O)/C=C\C(C)=NC(=O)c1c(-c2ccccc2)c(-c2ccc(F)cc2)n(C)c1C(C)C. The normalized spacial score (nSPS) is 12.0. The van der Waals surface area contributed by atoms with Gasteiger partial charge in [0.15, 0.2) is 5.78 Å². The topological polar surface area (TPSA) is 51.4 Å². The predicted molar refractivity (Wildman–Crippen MR) is 128 cm³/mol. The lowest BCUT2D eigenvalue weighted by Crippen LogP contribution is -2.07. The summed E-state index contributed by atoms with van der Waals surface area (Å²) in [5, 5.41) is 0. The molecule has 0 fully saturated rings. The van der Waals surface area contributed by atoms with Crippen LogP contribution < -0.4 is 0 Å². The molecule has 1 amide bonds. The van der Waals surface area contributed by atoms with E-state index >= 15 is 0 Å². The average Bonchev–Trinajstić information content (AvgIpc) is 3.07. The molecule has 0 unspecified atom stereocenters. The number of amides is 1. The maximum atomic E-state index is 13.6. The van der Waals surface area contributed by atoms with Gasteiger partial charge in [-0.15, -0.1) is 0 Å². The third-order valence-corrected chi connectivity index (χ3v) is 5.22. The minimum atomic E-state index is -0.373. The highest BCUT2D eigenvalue weighted by molar-refractivity contribution is 6.13. The molecule has 0 aliphatic rings. The van der Waals surface area contributed by atoms with Gasteiger partial charge in [-0.1, -0.05) is 44.2 Å². The molecule has 4 nitrogen and oxygen atoms in total. The fourth-order valence-electron chi connectivity index (χ4n) is 3.92. The highest BCUT2D eigenvalue weighted by atomic mass is 19.1. The van der Waals surface area contributed by atoms with Gasteiger partial charge >= 0.3 is 0 Å². The molecule has 0 saturated carbocycles. The van der Waals surface area contributed by atoms with Gasteiger partial charge in [-0.05, 0) is 67.3 Å². The maximum Gasteiger partial charge on any atom is 0.279 e. The Labute approximate surface area is 188 Å². The summed E-state index contributed by atoms with van der Waals surface area (Å²) in [5.41, 5.74) is 5.10. The van der Waals surface area contributed by atoms with Crippen molar-refractivity contribution in [2.45, 2.75) is 33.6 Å². The molecule has 0 radical (unpaired) electrons. The van der Waals surface area contributed by atoms with Gasteiger partial charge in [0.2, 0.25) is 0 Å². The van der Waals surface area contributed by atoms with Crippen LogP contribution >= 0.6 is 0 Å². The summed E-state index contributed by atoms with van der Waals surface area (Å²) in [6.45, 7) is 7.20. The monoisotopic (exact) mass is 430 g/mol. The molecule has 0 aliphatic carbocycles. The van der Waals surface area contributed by atoms with Crippen LogP contribution in [0.4, 0.5) is 4.39 Å². The van der Waals surface area contributed by atoms with Crippen LogP contribution in [0.25, 0.3) is 22.4 Å². The molecular weight excluding hydrogens is 403 g/mol. The first-order valence-corrected chi connectivity index (χ1v) is 10.5. The second kappa shape index (κ2) is 9.69. The van der Waals surface area contributed by atoms with Gasteiger partial charge < -0.3 is 4.57 Å². The minimum Gasteiger partial charge on any atom is -0.346 e. The fourth-order valence-corrected chi connectivity index (χ4v) is 3.92. The largest absolute Gasteiger partial charge is 0.346 e. The number of hydrogen-bond acceptors (Lipinski definition) is 2. The quantitative estimate of drug-likeness (QED) is 0.337. The van der Waals surface area contributed by atoms with Gasteiger partial charge in [0.05, 0.1) is 11.3 Å². The van der Waals surface area contributed by atoms with E-state index in [1.54, 1.807) is 25.1 Å². The molecule has 0 atom stereocenters. The summed E-state index contributed by atoms with van der Waals surface area (Å²) in [4.78, 5) is 29.0. The molecule has 0 N–H and O–H groups in total. The summed E-state index contributed by atoms with van der Waals surface area (Å²) in [7, 11) is 1.92. The molecule has 3 aromatic rings. The number of carbonyl (C=O) groups excluding carboxylic acids is 2. The molecular formula is C27H27FN2O2. The molecule has 0 saturated heterocycles. The van der Waals surface area contributed by atoms with Crippen LogP contribution in [0.2, 0.25) is 0 Å². The van der Waals surface area contributed by atoms with Crippen LogP contribution in [0.5, 0.6) is 0 Å². The minimum absolute atomic E-state index is 0.0406. The van der Waals surface area contributed by atoms with Crippen molar-refractivity contribution in [2.75, 3.05) is 0 Å². The molecule has 0 bridgehead atoms. The number of aliphatic imine (C=N–C) groups is 1. The fraction of sp³-hybridized carbons (Fsp3) is 0.222. The van der Waals surface area contributed by atoms with E-state index in [0.717, 1.165) is 28.1 Å². The number of carbonyl (C=O) groups is 2. The highest BCUT2D eigenvalue weighted by Gasteiger charge is 2.28. The number of ketones is 1. The molecule has 1 heterocycles. The van der Waals surface area contributed by atoms with Gasteiger partial charge in [0.1, 0.15) is 5.82 Å². The Hall–Kier alpha value is -3.60. The number of halogens is 1. The number of rotatable bonds is 6.